The number of ether oxygens (including phenoxy) is 1. The van der Waals surface area contributed by atoms with Gasteiger partial charge in [-0.15, -0.1) is 0 Å². The molecular weight excluding hydrogens is 621 g/mol. The summed E-state index contributed by atoms with van der Waals surface area (Å²) in [6.07, 6.45) is 49.7. The van der Waals surface area contributed by atoms with Crippen LogP contribution in [0.5, 0.6) is 0 Å². The highest BCUT2D eigenvalue weighted by Crippen LogP contribution is 2.67. The number of allylic oxidation sites excluding steroid dienone is 11. The molecule has 4 aliphatic rings. The minimum Gasteiger partial charge on any atom is -0.462 e. The second kappa shape index (κ2) is 21.6. The largest absolute Gasteiger partial charge is 0.462 e. The molecule has 2 nitrogen and oxygen atoms in total. The zero-order valence-electron chi connectivity index (χ0n) is 34.1. The predicted molar refractivity (Wildman–Crippen MR) is 220 cm³/mol. The van der Waals surface area contributed by atoms with Gasteiger partial charge in [-0.25, -0.2) is 0 Å². The van der Waals surface area contributed by atoms with E-state index in [0.29, 0.717) is 17.3 Å². The van der Waals surface area contributed by atoms with Crippen molar-refractivity contribution in [2.24, 2.45) is 46.3 Å². The first kappa shape index (κ1) is 41.7. The average molecular weight is 699 g/mol. The third-order valence-electron chi connectivity index (χ3n) is 14.0. The fourth-order valence-corrected chi connectivity index (χ4v) is 11.1. The first-order chi connectivity index (χ1) is 24.7. The molecule has 286 valence electrons. The number of unbranched alkanes of at least 4 members (excludes halogenated alkanes) is 3. The van der Waals surface area contributed by atoms with E-state index in [0.717, 1.165) is 106 Å². The number of rotatable bonds is 21. The molecule has 4 aliphatic carbocycles. The fraction of sp³-hybridized carbons (Fsp3) is 0.735. The molecule has 2 heteroatoms. The number of hydrogen-bond acceptors (Lipinski definition) is 2. The third-order valence-corrected chi connectivity index (χ3v) is 14.0. The molecule has 0 aromatic carbocycles. The van der Waals surface area contributed by atoms with Crippen molar-refractivity contribution in [3.05, 3.63) is 72.4 Å². The molecule has 3 saturated carbocycles. The topological polar surface area (TPSA) is 26.3 Å². The van der Waals surface area contributed by atoms with Gasteiger partial charge in [-0.1, -0.05) is 140 Å². The molecule has 51 heavy (non-hydrogen) atoms. The summed E-state index contributed by atoms with van der Waals surface area (Å²) in [7, 11) is 0. The summed E-state index contributed by atoms with van der Waals surface area (Å²) in [6, 6.07) is 0. The van der Waals surface area contributed by atoms with E-state index < -0.39 is 0 Å². The molecule has 0 heterocycles. The Hall–Kier alpha value is -2.09. The Bertz CT molecular complexity index is 1210. The van der Waals surface area contributed by atoms with E-state index in [-0.39, 0.29) is 12.1 Å². The van der Waals surface area contributed by atoms with Crippen LogP contribution in [0.3, 0.4) is 0 Å². The van der Waals surface area contributed by atoms with E-state index in [4.69, 9.17) is 4.74 Å². The summed E-state index contributed by atoms with van der Waals surface area (Å²) < 4.78 is 6.12. The second-order valence-electron chi connectivity index (χ2n) is 18.0. The van der Waals surface area contributed by atoms with Gasteiger partial charge in [-0.2, -0.15) is 0 Å². The Morgan fingerprint density at radius 3 is 2.10 bits per heavy atom. The number of fused-ring (bicyclic) bond motifs is 5. The lowest BCUT2D eigenvalue weighted by Gasteiger charge is -2.58. The van der Waals surface area contributed by atoms with Crippen LogP contribution in [0.15, 0.2) is 72.4 Å². The molecule has 0 radical (unpaired) electrons. The maximum Gasteiger partial charge on any atom is 0.306 e. The first-order valence-electron chi connectivity index (χ1n) is 21.8. The summed E-state index contributed by atoms with van der Waals surface area (Å²) >= 11 is 0. The normalized spacial score (nSPS) is 31.6. The summed E-state index contributed by atoms with van der Waals surface area (Å²) in [5.74, 6) is 5.24. The van der Waals surface area contributed by atoms with Crippen molar-refractivity contribution in [1.29, 1.82) is 0 Å². The van der Waals surface area contributed by atoms with Crippen LogP contribution < -0.4 is 0 Å². The number of hydrogen-bond donors (Lipinski definition) is 0. The van der Waals surface area contributed by atoms with Crippen LogP contribution in [-0.4, -0.2) is 12.1 Å². The van der Waals surface area contributed by atoms with E-state index in [9.17, 15) is 4.79 Å². The van der Waals surface area contributed by atoms with Gasteiger partial charge in [-0.05, 0) is 143 Å². The van der Waals surface area contributed by atoms with Gasteiger partial charge < -0.3 is 4.74 Å². The monoisotopic (exact) mass is 699 g/mol. The summed E-state index contributed by atoms with van der Waals surface area (Å²) in [4.78, 5) is 12.8. The van der Waals surface area contributed by atoms with Crippen molar-refractivity contribution in [1.82, 2.24) is 0 Å². The molecule has 0 aromatic heterocycles. The maximum atomic E-state index is 12.8. The lowest BCUT2D eigenvalue weighted by atomic mass is 9.47. The van der Waals surface area contributed by atoms with Crippen LogP contribution in [0.1, 0.15) is 176 Å². The average Bonchev–Trinajstić information content (AvgIpc) is 3.46. The Morgan fingerprint density at radius 1 is 0.765 bits per heavy atom. The molecule has 0 aliphatic heterocycles. The van der Waals surface area contributed by atoms with E-state index in [1.165, 1.54) is 57.8 Å². The van der Waals surface area contributed by atoms with Crippen molar-refractivity contribution < 1.29 is 9.53 Å². The van der Waals surface area contributed by atoms with Crippen LogP contribution in [0.25, 0.3) is 0 Å². The van der Waals surface area contributed by atoms with Gasteiger partial charge >= 0.3 is 5.97 Å². The highest BCUT2D eigenvalue weighted by molar-refractivity contribution is 5.69. The lowest BCUT2D eigenvalue weighted by Crippen LogP contribution is -2.51. The molecule has 0 bridgehead atoms. The molecule has 0 N–H and O–H groups in total. The van der Waals surface area contributed by atoms with Gasteiger partial charge in [0.25, 0.3) is 0 Å². The molecule has 8 atom stereocenters. The quantitative estimate of drug-likeness (QED) is 0.0677. The molecule has 3 fully saturated rings. The summed E-state index contributed by atoms with van der Waals surface area (Å²) in [5.41, 5.74) is 2.49. The van der Waals surface area contributed by atoms with Gasteiger partial charge in [0.15, 0.2) is 0 Å². The third kappa shape index (κ3) is 12.2. The van der Waals surface area contributed by atoms with Gasteiger partial charge in [-0.3, -0.25) is 4.79 Å². The molecule has 0 aromatic rings. The van der Waals surface area contributed by atoms with E-state index >= 15 is 0 Å². The van der Waals surface area contributed by atoms with Crippen LogP contribution >= 0.6 is 0 Å². The summed E-state index contributed by atoms with van der Waals surface area (Å²) in [5, 5.41) is 0. The van der Waals surface area contributed by atoms with Gasteiger partial charge in [0.05, 0.1) is 0 Å². The molecule has 0 spiro atoms. The number of carbonyl (C=O) groups excluding carboxylic acids is 1. The van der Waals surface area contributed by atoms with E-state index in [1.54, 1.807) is 5.57 Å². The van der Waals surface area contributed by atoms with Crippen molar-refractivity contribution in [3.8, 4) is 0 Å². The minimum atomic E-state index is 0.0284. The first-order valence-corrected chi connectivity index (χ1v) is 21.8. The van der Waals surface area contributed by atoms with Crippen molar-refractivity contribution in [3.63, 3.8) is 0 Å². The van der Waals surface area contributed by atoms with Gasteiger partial charge in [0, 0.05) is 12.8 Å². The Balaban J connectivity index is 1.09. The Labute approximate surface area is 315 Å². The van der Waals surface area contributed by atoms with Crippen LogP contribution in [0, 0.1) is 46.3 Å². The minimum absolute atomic E-state index is 0.0284. The fourth-order valence-electron chi connectivity index (χ4n) is 11.1. The maximum absolute atomic E-state index is 12.8. The smallest absolute Gasteiger partial charge is 0.306 e. The SMILES string of the molecule is CCC=CCC=CCC=CCC=CCC=CCCCCCC(=O)OC1CCC2(C)C(=CCC3C2CCC2(C)C(C(C)CCCC(C)C)CCC32)C1. The van der Waals surface area contributed by atoms with Crippen molar-refractivity contribution in [2.75, 3.05) is 0 Å². The van der Waals surface area contributed by atoms with Gasteiger partial charge in [0.1, 0.15) is 6.10 Å². The van der Waals surface area contributed by atoms with E-state index in [1.807, 2.05) is 0 Å². The Kier molecular flexibility index (Phi) is 17.6. The van der Waals surface area contributed by atoms with Crippen LogP contribution in [0.4, 0.5) is 0 Å². The van der Waals surface area contributed by atoms with Gasteiger partial charge in [0.2, 0.25) is 0 Å². The molecular formula is C49H78O2. The highest BCUT2D eigenvalue weighted by Gasteiger charge is 2.59. The zero-order valence-corrected chi connectivity index (χ0v) is 34.1. The van der Waals surface area contributed by atoms with Crippen LogP contribution in [0.2, 0.25) is 0 Å². The molecule has 8 unspecified atom stereocenters. The summed E-state index contributed by atoms with van der Waals surface area (Å²) in [6.45, 7) is 14.8. The number of carbonyl (C=O) groups is 1. The molecule has 0 saturated heterocycles. The molecule has 0 amide bonds. The Morgan fingerprint density at radius 2 is 1.43 bits per heavy atom. The number of esters is 1. The predicted octanol–water partition coefficient (Wildman–Crippen LogP) is 14.6. The lowest BCUT2D eigenvalue weighted by molar-refractivity contribution is -0.151. The van der Waals surface area contributed by atoms with Crippen molar-refractivity contribution in [2.45, 2.75) is 182 Å². The second-order valence-corrected chi connectivity index (χ2v) is 18.0. The standard InChI is InChI=1S/C49H78O2/c1-7-8-9-10-11-12-13-14-15-16-17-18-19-20-21-22-23-24-25-29-47(50)51-42-34-36-48(5)41(38-42)30-31-43-45-33-32-44(40(4)28-26-27-39(2)3)49(45,6)37-35-46(43)48/h8-9,11-12,14-15,17-18,20-21,30,39-40,42-46H,7,10,13,16,19,22-29,31-38H2,1-6H3. The van der Waals surface area contributed by atoms with Crippen LogP contribution in [-0.2, 0) is 9.53 Å². The molecule has 4 rings (SSSR count). The highest BCUT2D eigenvalue weighted by atomic mass is 16.5. The zero-order chi connectivity index (χ0) is 36.5. The van der Waals surface area contributed by atoms with E-state index in [2.05, 4.69) is 108 Å². The van der Waals surface area contributed by atoms with Crippen molar-refractivity contribution >= 4 is 5.97 Å².